The summed E-state index contributed by atoms with van der Waals surface area (Å²) in [6, 6.07) is 2.41. The molecule has 0 spiro atoms. The Morgan fingerprint density at radius 2 is 2.12 bits per heavy atom. The summed E-state index contributed by atoms with van der Waals surface area (Å²) in [6.07, 6.45) is 0.109. The first-order chi connectivity index (χ1) is 11.7. The van der Waals surface area contributed by atoms with Crippen molar-refractivity contribution in [1.29, 1.82) is 0 Å². The van der Waals surface area contributed by atoms with Crippen LogP contribution in [0.3, 0.4) is 0 Å². The highest BCUT2D eigenvalue weighted by molar-refractivity contribution is 6.44. The van der Waals surface area contributed by atoms with Crippen molar-refractivity contribution in [2.24, 2.45) is 5.73 Å². The number of carbonyl (C=O) groups is 1. The Morgan fingerprint density at radius 3 is 2.64 bits per heavy atom. The van der Waals surface area contributed by atoms with Gasteiger partial charge in [0.1, 0.15) is 10.7 Å². The van der Waals surface area contributed by atoms with Crippen LogP contribution in [0, 0.1) is 19.8 Å². The number of aromatic nitrogens is 3. The number of amides is 1. The minimum atomic E-state index is -0.819. The van der Waals surface area contributed by atoms with Crippen LogP contribution in [0.5, 0.6) is 0 Å². The summed E-state index contributed by atoms with van der Waals surface area (Å²) in [5.41, 5.74) is 8.20. The maximum Gasteiger partial charge on any atom is 0.252 e. The van der Waals surface area contributed by atoms with Crippen LogP contribution in [-0.2, 0) is 4.79 Å². The molecule has 2 heterocycles. The van der Waals surface area contributed by atoms with Gasteiger partial charge in [0.2, 0.25) is 5.95 Å². The second-order valence-corrected chi connectivity index (χ2v) is 6.77. The molecule has 1 amide bonds. The van der Waals surface area contributed by atoms with Crippen LogP contribution < -0.4 is 11.1 Å². The number of carbonyl (C=O) groups excluding carboxylic acids is 1. The number of anilines is 1. The maximum atomic E-state index is 14.4. The van der Waals surface area contributed by atoms with Crippen molar-refractivity contribution in [3.05, 3.63) is 41.6 Å². The molecule has 0 radical (unpaired) electrons. The number of nitrogens with one attached hydrogen (secondary N) is 2. The average Bonchev–Trinajstić information content (AvgIpc) is 2.86. The molecule has 0 aliphatic carbocycles. The number of rotatable bonds is 6. The van der Waals surface area contributed by atoms with Crippen molar-refractivity contribution >= 4 is 34.9 Å². The van der Waals surface area contributed by atoms with Crippen LogP contribution in [0.1, 0.15) is 17.8 Å². The minimum absolute atomic E-state index is 0.0630. The van der Waals surface area contributed by atoms with E-state index in [2.05, 4.69) is 27.1 Å². The molecule has 6 nitrogen and oxygen atoms in total. The van der Waals surface area contributed by atoms with Gasteiger partial charge in [0.15, 0.2) is 0 Å². The summed E-state index contributed by atoms with van der Waals surface area (Å²) in [7, 11) is 0. The molecule has 0 aromatic carbocycles. The van der Waals surface area contributed by atoms with Crippen LogP contribution in [0.25, 0.3) is 11.1 Å². The van der Waals surface area contributed by atoms with E-state index in [0.717, 1.165) is 5.69 Å². The molecule has 134 valence electrons. The molecule has 4 N–H and O–H groups in total. The molecule has 2 aromatic heterocycles. The molecule has 0 fully saturated rings. The molecule has 0 bridgehead atoms. The molecule has 1 atom stereocenters. The summed E-state index contributed by atoms with van der Waals surface area (Å²) in [5, 5.41) is 9.30. The fourth-order valence-corrected chi connectivity index (χ4v) is 2.49. The van der Waals surface area contributed by atoms with Crippen LogP contribution in [0.2, 0.25) is 0 Å². The lowest BCUT2D eigenvalue weighted by molar-refractivity contribution is -0.113. The van der Waals surface area contributed by atoms with Crippen molar-refractivity contribution in [3.63, 3.8) is 0 Å². The summed E-state index contributed by atoms with van der Waals surface area (Å²) in [4.78, 5) is 15.0. The molecular formula is C16H18Cl2FN5O. The van der Waals surface area contributed by atoms with E-state index in [1.807, 2.05) is 0 Å². The number of H-pyrrole nitrogens is 1. The van der Waals surface area contributed by atoms with Crippen molar-refractivity contribution in [1.82, 2.24) is 15.2 Å². The van der Waals surface area contributed by atoms with Gasteiger partial charge < -0.3 is 11.1 Å². The van der Waals surface area contributed by atoms with Crippen molar-refractivity contribution in [2.75, 3.05) is 5.32 Å². The SMILES string of the molecule is C=C(C[C@H](N)C(Cl)Cl)C(=O)Nc1ccc(-c2c(C)n[nH]c2C)c(F)n1. The van der Waals surface area contributed by atoms with Crippen molar-refractivity contribution in [3.8, 4) is 11.1 Å². The first-order valence-electron chi connectivity index (χ1n) is 7.42. The molecule has 2 aromatic rings. The summed E-state index contributed by atoms with van der Waals surface area (Å²) < 4.78 is 14.4. The van der Waals surface area contributed by atoms with Gasteiger partial charge in [0.05, 0.1) is 5.69 Å². The van der Waals surface area contributed by atoms with Crippen LogP contribution in [-0.4, -0.2) is 32.0 Å². The summed E-state index contributed by atoms with van der Waals surface area (Å²) in [5.74, 6) is -1.18. The zero-order chi connectivity index (χ0) is 18.7. The third-order valence-corrected chi connectivity index (χ3v) is 4.26. The van der Waals surface area contributed by atoms with E-state index in [1.54, 1.807) is 13.8 Å². The van der Waals surface area contributed by atoms with Gasteiger partial charge in [0.25, 0.3) is 5.91 Å². The predicted octanol–water partition coefficient (Wildman–Crippen LogP) is 3.24. The quantitative estimate of drug-likeness (QED) is 0.403. The standard InChI is InChI=1S/C16H18Cl2FN5O/c1-7(6-11(20)14(17)18)16(25)22-12-5-4-10(15(19)21-12)13-8(2)23-24-9(13)3/h4-5,11,14H,1,6,20H2,2-3H3,(H,23,24)(H,21,22,25)/t11-/m0/s1. The van der Waals surface area contributed by atoms with Gasteiger partial charge in [-0.15, -0.1) is 23.2 Å². The Morgan fingerprint density at radius 1 is 1.44 bits per heavy atom. The Bertz CT molecular complexity index is 786. The van der Waals surface area contributed by atoms with Crippen LogP contribution in [0.4, 0.5) is 10.2 Å². The van der Waals surface area contributed by atoms with E-state index < -0.39 is 22.7 Å². The number of aromatic amines is 1. The fraction of sp³-hybridized carbons (Fsp3) is 0.312. The number of nitrogens with two attached hydrogens (primary N) is 1. The average molecular weight is 386 g/mol. The number of hydrogen-bond donors (Lipinski definition) is 3. The van der Waals surface area contributed by atoms with E-state index in [4.69, 9.17) is 28.9 Å². The van der Waals surface area contributed by atoms with E-state index in [1.165, 1.54) is 12.1 Å². The van der Waals surface area contributed by atoms with Gasteiger partial charge in [-0.05, 0) is 32.4 Å². The van der Waals surface area contributed by atoms with E-state index in [0.29, 0.717) is 16.8 Å². The molecule has 9 heteroatoms. The molecule has 2 rings (SSSR count). The summed E-state index contributed by atoms with van der Waals surface area (Å²) >= 11 is 11.3. The van der Waals surface area contributed by atoms with Crippen LogP contribution in [0.15, 0.2) is 24.3 Å². The lowest BCUT2D eigenvalue weighted by Gasteiger charge is -2.14. The van der Waals surface area contributed by atoms with Gasteiger partial charge in [0, 0.05) is 28.4 Å². The minimum Gasteiger partial charge on any atom is -0.325 e. The normalized spacial score (nSPS) is 12.3. The monoisotopic (exact) mass is 385 g/mol. The third kappa shape index (κ3) is 4.56. The zero-order valence-corrected chi connectivity index (χ0v) is 15.2. The third-order valence-electron chi connectivity index (χ3n) is 3.61. The highest BCUT2D eigenvalue weighted by atomic mass is 35.5. The largest absolute Gasteiger partial charge is 0.325 e. The Kier molecular flexibility index (Phi) is 6.16. The molecule has 0 saturated carbocycles. The van der Waals surface area contributed by atoms with Crippen molar-refractivity contribution in [2.45, 2.75) is 31.1 Å². The number of alkyl halides is 2. The topological polar surface area (TPSA) is 96.7 Å². The van der Waals surface area contributed by atoms with Gasteiger partial charge >= 0.3 is 0 Å². The molecule has 25 heavy (non-hydrogen) atoms. The first kappa shape index (κ1) is 19.4. The fourth-order valence-electron chi connectivity index (χ4n) is 2.31. The van der Waals surface area contributed by atoms with Crippen LogP contribution >= 0.6 is 23.2 Å². The molecule has 0 aliphatic rings. The van der Waals surface area contributed by atoms with E-state index in [-0.39, 0.29) is 17.8 Å². The number of pyridine rings is 1. The van der Waals surface area contributed by atoms with E-state index >= 15 is 0 Å². The summed E-state index contributed by atoms with van der Waals surface area (Å²) in [6.45, 7) is 7.19. The smallest absolute Gasteiger partial charge is 0.252 e. The molecule has 0 aliphatic heterocycles. The van der Waals surface area contributed by atoms with Gasteiger partial charge in [-0.25, -0.2) is 4.98 Å². The molecule has 0 unspecified atom stereocenters. The Labute approximate surface area is 154 Å². The van der Waals surface area contributed by atoms with Gasteiger partial charge in [-0.3, -0.25) is 9.89 Å². The Balaban J connectivity index is 2.13. The number of halogens is 3. The highest BCUT2D eigenvalue weighted by Gasteiger charge is 2.19. The first-order valence-corrected chi connectivity index (χ1v) is 8.29. The lowest BCUT2D eigenvalue weighted by Crippen LogP contribution is -2.30. The maximum absolute atomic E-state index is 14.4. The molecular weight excluding hydrogens is 368 g/mol. The van der Waals surface area contributed by atoms with E-state index in [9.17, 15) is 9.18 Å². The lowest BCUT2D eigenvalue weighted by atomic mass is 10.1. The number of hydrogen-bond acceptors (Lipinski definition) is 4. The van der Waals surface area contributed by atoms with Gasteiger partial charge in [-0.1, -0.05) is 6.58 Å². The molecule has 0 saturated heterocycles. The zero-order valence-electron chi connectivity index (χ0n) is 13.7. The van der Waals surface area contributed by atoms with Gasteiger partial charge in [-0.2, -0.15) is 9.49 Å². The Hall–Kier alpha value is -1.96. The predicted molar refractivity (Wildman–Crippen MR) is 97.1 cm³/mol. The highest BCUT2D eigenvalue weighted by Crippen LogP contribution is 2.28. The second-order valence-electron chi connectivity index (χ2n) is 5.60. The number of aryl methyl sites for hydroxylation is 2. The van der Waals surface area contributed by atoms with Crippen molar-refractivity contribution < 1.29 is 9.18 Å². The number of nitrogens with zero attached hydrogens (tertiary/aromatic N) is 2. The second kappa shape index (κ2) is 7.95.